The van der Waals surface area contributed by atoms with Crippen LogP contribution in [0.2, 0.25) is 0 Å². The number of amides is 2. The summed E-state index contributed by atoms with van der Waals surface area (Å²) in [5.41, 5.74) is 2.72. The van der Waals surface area contributed by atoms with Crippen molar-refractivity contribution in [1.29, 1.82) is 0 Å². The van der Waals surface area contributed by atoms with Crippen LogP contribution in [-0.2, 0) is 22.4 Å². The van der Waals surface area contributed by atoms with E-state index in [-0.39, 0.29) is 29.9 Å². The predicted octanol–water partition coefficient (Wildman–Crippen LogP) is 1.33. The highest BCUT2D eigenvalue weighted by atomic mass is 16.5. The first kappa shape index (κ1) is 18.2. The molecule has 3 atom stereocenters. The number of aromatic nitrogens is 1. The molecule has 1 aromatic rings. The summed E-state index contributed by atoms with van der Waals surface area (Å²) < 4.78 is 11.4. The summed E-state index contributed by atoms with van der Waals surface area (Å²) in [5.74, 6) is 0.309. The molecule has 27 heavy (non-hydrogen) atoms. The molecule has 2 heterocycles. The lowest BCUT2D eigenvalue weighted by atomic mass is 9.81. The van der Waals surface area contributed by atoms with Gasteiger partial charge in [-0.2, -0.15) is 0 Å². The number of morpholine rings is 1. The fraction of sp³-hybridized carbons (Fsp3) is 0.650. The zero-order valence-electron chi connectivity index (χ0n) is 16.0. The number of carbonyl (C=O) groups is 2. The van der Waals surface area contributed by atoms with E-state index in [4.69, 9.17) is 9.47 Å². The Hall–Kier alpha value is -2.15. The zero-order chi connectivity index (χ0) is 19.0. The highest BCUT2D eigenvalue weighted by Gasteiger charge is 2.42. The lowest BCUT2D eigenvalue weighted by molar-refractivity contribution is -0.131. The summed E-state index contributed by atoms with van der Waals surface area (Å²) in [4.78, 5) is 32.0. The van der Waals surface area contributed by atoms with Gasteiger partial charge in [-0.15, -0.1) is 0 Å². The summed E-state index contributed by atoms with van der Waals surface area (Å²) in [6.07, 6.45) is 5.20. The Morgan fingerprint density at radius 1 is 1.33 bits per heavy atom. The third-order valence-corrected chi connectivity index (χ3v) is 6.14. The van der Waals surface area contributed by atoms with Crippen LogP contribution in [0.25, 0.3) is 0 Å². The second-order valence-electron chi connectivity index (χ2n) is 7.60. The number of hydrogen-bond acceptors (Lipinski definition) is 5. The Morgan fingerprint density at radius 3 is 2.96 bits per heavy atom. The van der Waals surface area contributed by atoms with E-state index < -0.39 is 0 Å². The minimum absolute atomic E-state index is 0.00279. The Morgan fingerprint density at radius 2 is 2.19 bits per heavy atom. The number of rotatable bonds is 3. The minimum Gasteiger partial charge on any atom is -0.480 e. The largest absolute Gasteiger partial charge is 0.480 e. The van der Waals surface area contributed by atoms with E-state index >= 15 is 0 Å². The van der Waals surface area contributed by atoms with Crippen LogP contribution in [0.1, 0.15) is 47.3 Å². The van der Waals surface area contributed by atoms with Crippen molar-refractivity contribution in [3.8, 4) is 5.88 Å². The zero-order valence-corrected chi connectivity index (χ0v) is 16.0. The third-order valence-electron chi connectivity index (χ3n) is 6.14. The monoisotopic (exact) mass is 373 g/mol. The molecule has 4 rings (SSSR count). The van der Waals surface area contributed by atoms with Crippen molar-refractivity contribution in [1.82, 2.24) is 15.2 Å². The summed E-state index contributed by atoms with van der Waals surface area (Å²) in [5, 5.41) is 2.74. The first-order valence-corrected chi connectivity index (χ1v) is 9.83. The maximum Gasteiger partial charge on any atom is 0.259 e. The molecule has 1 saturated carbocycles. The second-order valence-corrected chi connectivity index (χ2v) is 7.60. The van der Waals surface area contributed by atoms with Crippen molar-refractivity contribution >= 4 is 11.8 Å². The minimum atomic E-state index is -0.0831. The van der Waals surface area contributed by atoms with Crippen LogP contribution in [0.4, 0.5) is 0 Å². The van der Waals surface area contributed by atoms with Gasteiger partial charge in [-0.25, -0.2) is 4.98 Å². The van der Waals surface area contributed by atoms with E-state index in [2.05, 4.69) is 10.3 Å². The van der Waals surface area contributed by atoms with Crippen molar-refractivity contribution in [3.63, 3.8) is 0 Å². The number of pyridine rings is 1. The van der Waals surface area contributed by atoms with Crippen LogP contribution in [-0.4, -0.2) is 61.2 Å². The highest BCUT2D eigenvalue weighted by molar-refractivity contribution is 5.97. The van der Waals surface area contributed by atoms with Gasteiger partial charge >= 0.3 is 0 Å². The Labute approximate surface area is 159 Å². The average Bonchev–Trinajstić information content (AvgIpc) is 3.18. The lowest BCUT2D eigenvalue weighted by Crippen LogP contribution is -2.57. The van der Waals surface area contributed by atoms with Crippen LogP contribution >= 0.6 is 0 Å². The van der Waals surface area contributed by atoms with Gasteiger partial charge in [-0.05, 0) is 50.2 Å². The molecule has 0 radical (unpaired) electrons. The molecule has 0 unspecified atom stereocenters. The molecule has 146 valence electrons. The molecule has 0 spiro atoms. The first-order chi connectivity index (χ1) is 13.1. The number of ether oxygens (including phenoxy) is 2. The molecule has 1 aromatic heterocycles. The smallest absolute Gasteiger partial charge is 0.259 e. The van der Waals surface area contributed by atoms with Crippen LogP contribution in [0.3, 0.4) is 0 Å². The van der Waals surface area contributed by atoms with E-state index in [0.717, 1.165) is 43.4 Å². The average molecular weight is 373 g/mol. The van der Waals surface area contributed by atoms with Crippen molar-refractivity contribution in [2.45, 2.75) is 50.7 Å². The number of aryl methyl sites for hydroxylation is 2. The Bertz CT molecular complexity index is 751. The molecule has 1 N–H and O–H groups in total. The van der Waals surface area contributed by atoms with E-state index in [9.17, 15) is 9.59 Å². The normalized spacial score (nSPS) is 26.9. The van der Waals surface area contributed by atoms with Gasteiger partial charge in [-0.3, -0.25) is 9.59 Å². The molecule has 7 nitrogen and oxygen atoms in total. The molecule has 1 saturated heterocycles. The number of fused-ring (bicyclic) bond motifs is 2. The maximum absolute atomic E-state index is 13.4. The molecule has 2 amide bonds. The maximum atomic E-state index is 13.4. The SMILES string of the molecule is CNC(=O)[C@H]1CC[C@H]2OCCN(C(=O)c3cc4c(nc3OC)CCC4)[C@@H]2C1. The van der Waals surface area contributed by atoms with E-state index in [1.165, 1.54) is 0 Å². The van der Waals surface area contributed by atoms with Crippen LogP contribution in [0.5, 0.6) is 5.88 Å². The quantitative estimate of drug-likeness (QED) is 0.865. The fourth-order valence-corrected chi connectivity index (χ4v) is 4.72. The standard InChI is InChI=1S/C20H27N3O4/c1-21-18(24)13-6-7-17-16(11-13)23(8-9-27-17)20(25)14-10-12-4-3-5-15(12)22-19(14)26-2/h10,13,16-17H,3-9,11H2,1-2H3,(H,21,24)/t13-,16+,17+/m0/s1. The molecule has 1 aliphatic heterocycles. The third kappa shape index (κ3) is 3.29. The van der Waals surface area contributed by atoms with Crippen molar-refractivity contribution in [2.24, 2.45) is 5.92 Å². The van der Waals surface area contributed by atoms with Gasteiger partial charge in [0.2, 0.25) is 11.8 Å². The molecular formula is C20H27N3O4. The molecule has 0 aromatic carbocycles. The van der Waals surface area contributed by atoms with E-state index in [1.54, 1.807) is 14.2 Å². The summed E-state index contributed by atoms with van der Waals surface area (Å²) in [7, 11) is 3.22. The molecule has 2 fully saturated rings. The highest BCUT2D eigenvalue weighted by Crippen LogP contribution is 2.35. The van der Waals surface area contributed by atoms with Gasteiger partial charge in [0.1, 0.15) is 5.56 Å². The number of methoxy groups -OCH3 is 1. The van der Waals surface area contributed by atoms with Crippen molar-refractivity contribution in [3.05, 3.63) is 22.9 Å². The lowest BCUT2D eigenvalue weighted by Gasteiger charge is -2.45. The number of nitrogens with one attached hydrogen (secondary N) is 1. The van der Waals surface area contributed by atoms with Crippen molar-refractivity contribution < 1.29 is 19.1 Å². The molecule has 7 heteroatoms. The van der Waals surface area contributed by atoms with E-state index in [1.807, 2.05) is 11.0 Å². The summed E-state index contributed by atoms with van der Waals surface area (Å²) in [6, 6.07) is 1.88. The Balaban J connectivity index is 1.61. The van der Waals surface area contributed by atoms with Crippen LogP contribution in [0.15, 0.2) is 6.07 Å². The van der Waals surface area contributed by atoms with E-state index in [0.29, 0.717) is 31.0 Å². The second kappa shape index (κ2) is 7.46. The fourth-order valence-electron chi connectivity index (χ4n) is 4.72. The first-order valence-electron chi connectivity index (χ1n) is 9.83. The van der Waals surface area contributed by atoms with Gasteiger partial charge in [0.15, 0.2) is 0 Å². The number of carbonyl (C=O) groups excluding carboxylic acids is 2. The number of nitrogens with zero attached hydrogens (tertiary/aromatic N) is 2. The molecule has 2 aliphatic carbocycles. The summed E-state index contributed by atoms with van der Waals surface area (Å²) >= 11 is 0. The number of hydrogen-bond donors (Lipinski definition) is 1. The van der Waals surface area contributed by atoms with Gasteiger partial charge in [0.25, 0.3) is 5.91 Å². The van der Waals surface area contributed by atoms with Crippen LogP contribution in [0, 0.1) is 5.92 Å². The molecule has 0 bridgehead atoms. The Kier molecular flexibility index (Phi) is 5.04. The summed E-state index contributed by atoms with van der Waals surface area (Å²) in [6.45, 7) is 1.05. The molecule has 3 aliphatic rings. The van der Waals surface area contributed by atoms with Crippen LogP contribution < -0.4 is 10.1 Å². The topological polar surface area (TPSA) is 80.8 Å². The molecular weight excluding hydrogens is 346 g/mol. The van der Waals surface area contributed by atoms with Gasteiger partial charge < -0.3 is 19.7 Å². The van der Waals surface area contributed by atoms with Gasteiger partial charge in [-0.1, -0.05) is 0 Å². The predicted molar refractivity (Wildman–Crippen MR) is 98.8 cm³/mol. The van der Waals surface area contributed by atoms with Gasteiger partial charge in [0.05, 0.1) is 25.9 Å². The van der Waals surface area contributed by atoms with Gasteiger partial charge in [0, 0.05) is 25.2 Å². The van der Waals surface area contributed by atoms with Crippen molar-refractivity contribution in [2.75, 3.05) is 27.3 Å².